The molecule has 0 heterocycles. The fourth-order valence-electron chi connectivity index (χ4n) is 2.49. The molecule has 0 aromatic heterocycles. The Morgan fingerprint density at radius 3 is 2.43 bits per heavy atom. The van der Waals surface area contributed by atoms with Gasteiger partial charge < -0.3 is 14.8 Å². The first-order valence-electron chi connectivity index (χ1n) is 8.35. The van der Waals surface area contributed by atoms with Crippen LogP contribution in [0.1, 0.15) is 58.6 Å². The summed E-state index contributed by atoms with van der Waals surface area (Å²) in [6, 6.07) is 8.51. The summed E-state index contributed by atoms with van der Waals surface area (Å²) in [7, 11) is 0. The summed E-state index contributed by atoms with van der Waals surface area (Å²) in [5, 5.41) is 3.63. The van der Waals surface area contributed by atoms with Gasteiger partial charge in [0.1, 0.15) is 5.75 Å². The second kappa shape index (κ2) is 10.6. The van der Waals surface area contributed by atoms with Crippen molar-refractivity contribution in [2.75, 3.05) is 19.8 Å². The lowest BCUT2D eigenvalue weighted by atomic mass is 9.98. The van der Waals surface area contributed by atoms with Gasteiger partial charge in [-0.05, 0) is 38.8 Å². The highest BCUT2D eigenvalue weighted by molar-refractivity contribution is 5.36. The molecule has 0 saturated heterocycles. The van der Waals surface area contributed by atoms with Crippen LogP contribution in [0.25, 0.3) is 0 Å². The van der Waals surface area contributed by atoms with E-state index in [1.54, 1.807) is 0 Å². The zero-order valence-corrected chi connectivity index (χ0v) is 14.0. The predicted molar refractivity (Wildman–Crippen MR) is 89.0 cm³/mol. The third kappa shape index (κ3) is 5.68. The monoisotopic (exact) mass is 293 g/mol. The Labute approximate surface area is 130 Å². The summed E-state index contributed by atoms with van der Waals surface area (Å²) in [5.41, 5.74) is 1.21. The van der Waals surface area contributed by atoms with E-state index >= 15 is 0 Å². The third-order valence-electron chi connectivity index (χ3n) is 3.48. The largest absolute Gasteiger partial charge is 0.493 e. The summed E-state index contributed by atoms with van der Waals surface area (Å²) < 4.78 is 11.9. The van der Waals surface area contributed by atoms with Crippen molar-refractivity contribution in [3.63, 3.8) is 0 Å². The standard InChI is InChI=1S/C18H31NO2/c1-5-13-19-18(16(7-3)20-8-4)15-11-9-10-12-17(15)21-14-6-2/h9-12,16,18-19H,5-8,13-14H2,1-4H3. The molecule has 0 aliphatic rings. The van der Waals surface area contributed by atoms with Gasteiger partial charge in [-0.25, -0.2) is 0 Å². The van der Waals surface area contributed by atoms with E-state index in [9.17, 15) is 0 Å². The molecule has 0 aliphatic carbocycles. The van der Waals surface area contributed by atoms with E-state index in [0.717, 1.165) is 44.8 Å². The second-order valence-corrected chi connectivity index (χ2v) is 5.22. The van der Waals surface area contributed by atoms with Crippen LogP contribution in [0.3, 0.4) is 0 Å². The number of ether oxygens (including phenoxy) is 2. The van der Waals surface area contributed by atoms with E-state index < -0.39 is 0 Å². The zero-order chi connectivity index (χ0) is 15.5. The molecular formula is C18H31NO2. The molecule has 1 N–H and O–H groups in total. The molecule has 2 atom stereocenters. The van der Waals surface area contributed by atoms with Crippen molar-refractivity contribution >= 4 is 0 Å². The molecular weight excluding hydrogens is 262 g/mol. The lowest BCUT2D eigenvalue weighted by molar-refractivity contribution is 0.0306. The molecule has 0 amide bonds. The highest BCUT2D eigenvalue weighted by Gasteiger charge is 2.24. The normalized spacial score (nSPS) is 13.9. The summed E-state index contributed by atoms with van der Waals surface area (Å²) in [4.78, 5) is 0. The van der Waals surface area contributed by atoms with Gasteiger partial charge in [0.25, 0.3) is 0 Å². The molecule has 2 unspecified atom stereocenters. The Hall–Kier alpha value is -1.06. The van der Waals surface area contributed by atoms with Crippen LogP contribution in [0, 0.1) is 0 Å². The maximum absolute atomic E-state index is 5.95. The molecule has 1 aromatic carbocycles. The predicted octanol–water partition coefficient (Wildman–Crippen LogP) is 4.33. The third-order valence-corrected chi connectivity index (χ3v) is 3.48. The van der Waals surface area contributed by atoms with Crippen molar-refractivity contribution in [2.24, 2.45) is 0 Å². The van der Waals surface area contributed by atoms with Crippen LogP contribution in [-0.4, -0.2) is 25.9 Å². The molecule has 21 heavy (non-hydrogen) atoms. The van der Waals surface area contributed by atoms with E-state index in [0.29, 0.717) is 0 Å². The van der Waals surface area contributed by atoms with Crippen molar-refractivity contribution in [1.29, 1.82) is 0 Å². The molecule has 3 nitrogen and oxygen atoms in total. The first-order valence-corrected chi connectivity index (χ1v) is 8.35. The van der Waals surface area contributed by atoms with E-state index in [-0.39, 0.29) is 12.1 Å². The Morgan fingerprint density at radius 2 is 1.81 bits per heavy atom. The van der Waals surface area contributed by atoms with Gasteiger partial charge in [0.05, 0.1) is 18.8 Å². The Bertz CT molecular complexity index is 381. The van der Waals surface area contributed by atoms with Gasteiger partial charge >= 0.3 is 0 Å². The number of rotatable bonds is 11. The summed E-state index contributed by atoms with van der Waals surface area (Å²) in [6.45, 7) is 11.0. The number of para-hydroxylation sites is 1. The SMILES string of the molecule is CCCNC(c1ccccc1OCCC)C(CC)OCC. The van der Waals surface area contributed by atoms with E-state index in [1.807, 2.05) is 6.07 Å². The minimum Gasteiger partial charge on any atom is -0.493 e. The molecule has 1 rings (SSSR count). The van der Waals surface area contributed by atoms with Gasteiger partial charge in [-0.15, -0.1) is 0 Å². The average molecular weight is 293 g/mol. The van der Waals surface area contributed by atoms with Gasteiger partial charge in [-0.3, -0.25) is 0 Å². The number of nitrogens with one attached hydrogen (secondary N) is 1. The van der Waals surface area contributed by atoms with Gasteiger partial charge in [-0.2, -0.15) is 0 Å². The topological polar surface area (TPSA) is 30.5 Å². The van der Waals surface area contributed by atoms with Crippen LogP contribution < -0.4 is 10.1 Å². The minimum atomic E-state index is 0.174. The zero-order valence-electron chi connectivity index (χ0n) is 14.0. The van der Waals surface area contributed by atoms with Gasteiger partial charge in [0.2, 0.25) is 0 Å². The molecule has 0 spiro atoms. The minimum absolute atomic E-state index is 0.174. The maximum Gasteiger partial charge on any atom is 0.124 e. The van der Waals surface area contributed by atoms with Crippen molar-refractivity contribution in [1.82, 2.24) is 5.32 Å². The molecule has 0 saturated carbocycles. The molecule has 0 fully saturated rings. The summed E-state index contributed by atoms with van der Waals surface area (Å²) in [6.07, 6.45) is 3.28. The Morgan fingerprint density at radius 1 is 1.05 bits per heavy atom. The first-order chi connectivity index (χ1) is 10.3. The average Bonchev–Trinajstić information content (AvgIpc) is 2.53. The van der Waals surface area contributed by atoms with Gasteiger partial charge in [0, 0.05) is 12.2 Å². The quantitative estimate of drug-likeness (QED) is 0.658. The van der Waals surface area contributed by atoms with Crippen LogP contribution in [0.5, 0.6) is 5.75 Å². The van der Waals surface area contributed by atoms with Crippen LogP contribution in [0.2, 0.25) is 0 Å². The lowest BCUT2D eigenvalue weighted by Crippen LogP contribution is -2.34. The highest BCUT2D eigenvalue weighted by atomic mass is 16.5. The lowest BCUT2D eigenvalue weighted by Gasteiger charge is -2.29. The van der Waals surface area contributed by atoms with Crippen molar-refractivity contribution in [3.8, 4) is 5.75 Å². The van der Waals surface area contributed by atoms with Gasteiger partial charge in [0.15, 0.2) is 0 Å². The Balaban J connectivity index is 3.00. The van der Waals surface area contributed by atoms with E-state index in [1.165, 1.54) is 5.56 Å². The summed E-state index contributed by atoms with van der Waals surface area (Å²) in [5.74, 6) is 0.978. The fourth-order valence-corrected chi connectivity index (χ4v) is 2.49. The van der Waals surface area contributed by atoms with Crippen LogP contribution in [0.4, 0.5) is 0 Å². The van der Waals surface area contributed by atoms with Gasteiger partial charge in [-0.1, -0.05) is 39.0 Å². The van der Waals surface area contributed by atoms with Crippen LogP contribution in [0.15, 0.2) is 24.3 Å². The number of hydrogen-bond acceptors (Lipinski definition) is 3. The molecule has 0 bridgehead atoms. The van der Waals surface area contributed by atoms with Crippen molar-refractivity contribution in [2.45, 2.75) is 59.1 Å². The highest BCUT2D eigenvalue weighted by Crippen LogP contribution is 2.30. The van der Waals surface area contributed by atoms with Crippen molar-refractivity contribution in [3.05, 3.63) is 29.8 Å². The van der Waals surface area contributed by atoms with Crippen LogP contribution in [-0.2, 0) is 4.74 Å². The smallest absolute Gasteiger partial charge is 0.124 e. The molecule has 120 valence electrons. The fraction of sp³-hybridized carbons (Fsp3) is 0.667. The number of benzene rings is 1. The van der Waals surface area contributed by atoms with Crippen molar-refractivity contribution < 1.29 is 9.47 Å². The first kappa shape index (κ1) is 18.0. The molecule has 3 heteroatoms. The molecule has 0 radical (unpaired) electrons. The molecule has 0 aliphatic heterocycles. The van der Waals surface area contributed by atoms with E-state index in [2.05, 4.69) is 51.2 Å². The number of hydrogen-bond donors (Lipinski definition) is 1. The van der Waals surface area contributed by atoms with Crippen LogP contribution >= 0.6 is 0 Å². The molecule has 1 aromatic rings. The Kier molecular flexibility index (Phi) is 9.11. The second-order valence-electron chi connectivity index (χ2n) is 5.22. The maximum atomic E-state index is 5.95. The van der Waals surface area contributed by atoms with E-state index in [4.69, 9.17) is 9.47 Å². The summed E-state index contributed by atoms with van der Waals surface area (Å²) >= 11 is 0.